The van der Waals surface area contributed by atoms with Crippen molar-refractivity contribution < 1.29 is 14.3 Å². The molecule has 3 amide bonds. The number of benzene rings is 3. The Morgan fingerprint density at radius 1 is 1.02 bits per heavy atom. The number of amides is 3. The van der Waals surface area contributed by atoms with Crippen LogP contribution in [0.25, 0.3) is 10.9 Å². The van der Waals surface area contributed by atoms with Crippen molar-refractivity contribution in [1.82, 2.24) is 20.1 Å². The highest BCUT2D eigenvalue weighted by Crippen LogP contribution is 2.32. The van der Waals surface area contributed by atoms with E-state index in [9.17, 15) is 9.59 Å². The maximum Gasteiger partial charge on any atom is 0.318 e. The molecule has 1 aliphatic rings. The summed E-state index contributed by atoms with van der Waals surface area (Å²) in [7, 11) is 4.01. The molecule has 1 saturated heterocycles. The van der Waals surface area contributed by atoms with Gasteiger partial charge in [-0.2, -0.15) is 0 Å². The molecule has 0 unspecified atom stereocenters. The monoisotopic (exact) mass is 581 g/mol. The Hall–Kier alpha value is -4.30. The van der Waals surface area contributed by atoms with Gasteiger partial charge in [0.1, 0.15) is 11.8 Å². The van der Waals surface area contributed by atoms with Gasteiger partial charge in [0.2, 0.25) is 5.91 Å². The minimum Gasteiger partial charge on any atom is -0.492 e. The van der Waals surface area contributed by atoms with E-state index in [1.807, 2.05) is 87.6 Å². The molecule has 4 aromatic rings. The average Bonchev–Trinajstić information content (AvgIpc) is 3.45. The van der Waals surface area contributed by atoms with Crippen LogP contribution in [0.15, 0.2) is 79.0 Å². The van der Waals surface area contributed by atoms with Crippen LogP contribution in [0.1, 0.15) is 55.2 Å². The molecular weight excluding hydrogens is 538 g/mol. The van der Waals surface area contributed by atoms with Gasteiger partial charge >= 0.3 is 6.03 Å². The number of carbonyl (C=O) groups is 2. The highest BCUT2D eigenvalue weighted by Gasteiger charge is 2.33. The van der Waals surface area contributed by atoms with Crippen LogP contribution in [-0.4, -0.2) is 66.6 Å². The number of piperidine rings is 1. The summed E-state index contributed by atoms with van der Waals surface area (Å²) in [5.74, 6) is 0.447. The summed E-state index contributed by atoms with van der Waals surface area (Å²) in [6, 6.07) is 23.3. The van der Waals surface area contributed by atoms with Crippen molar-refractivity contribution >= 4 is 28.5 Å². The molecule has 0 bridgehead atoms. The molecule has 1 fully saturated rings. The molecule has 1 aliphatic heterocycles. The highest BCUT2D eigenvalue weighted by molar-refractivity contribution is 5.99. The number of hydrogen-bond donors (Lipinski definition) is 3. The second-order valence-corrected chi connectivity index (χ2v) is 11.7. The van der Waals surface area contributed by atoms with E-state index in [1.54, 1.807) is 0 Å². The lowest BCUT2D eigenvalue weighted by Crippen LogP contribution is -2.53. The molecular formula is C35H43N5O3. The second kappa shape index (κ2) is 13.8. The quantitative estimate of drug-likeness (QED) is 0.204. The van der Waals surface area contributed by atoms with E-state index >= 15 is 0 Å². The van der Waals surface area contributed by atoms with Gasteiger partial charge in [0.25, 0.3) is 0 Å². The van der Waals surface area contributed by atoms with Gasteiger partial charge in [0.15, 0.2) is 0 Å². The van der Waals surface area contributed by atoms with Crippen LogP contribution in [0, 0.1) is 0 Å². The van der Waals surface area contributed by atoms with Crippen molar-refractivity contribution in [1.29, 1.82) is 0 Å². The fourth-order valence-corrected chi connectivity index (χ4v) is 6.06. The number of anilines is 1. The molecule has 8 nitrogen and oxygen atoms in total. The molecule has 43 heavy (non-hydrogen) atoms. The molecule has 2 heterocycles. The fourth-order valence-electron chi connectivity index (χ4n) is 6.06. The first kappa shape index (κ1) is 30.2. The molecule has 2 atom stereocenters. The van der Waals surface area contributed by atoms with Crippen molar-refractivity contribution in [3.8, 4) is 5.75 Å². The molecule has 1 aromatic heterocycles. The Morgan fingerprint density at radius 2 is 1.74 bits per heavy atom. The lowest BCUT2D eigenvalue weighted by atomic mass is 9.89. The van der Waals surface area contributed by atoms with Gasteiger partial charge in [-0.1, -0.05) is 61.5 Å². The summed E-state index contributed by atoms with van der Waals surface area (Å²) < 4.78 is 5.86. The van der Waals surface area contributed by atoms with Gasteiger partial charge in [0.05, 0.1) is 12.3 Å². The van der Waals surface area contributed by atoms with E-state index in [0.717, 1.165) is 41.4 Å². The average molecular weight is 582 g/mol. The summed E-state index contributed by atoms with van der Waals surface area (Å²) >= 11 is 0. The number of para-hydroxylation sites is 1. The van der Waals surface area contributed by atoms with Crippen LogP contribution in [0.2, 0.25) is 0 Å². The first-order chi connectivity index (χ1) is 20.8. The summed E-state index contributed by atoms with van der Waals surface area (Å²) in [6.07, 6.45) is 3.72. The van der Waals surface area contributed by atoms with E-state index in [0.29, 0.717) is 37.1 Å². The van der Waals surface area contributed by atoms with Crippen molar-refractivity contribution in [2.24, 2.45) is 0 Å². The first-order valence-electron chi connectivity index (χ1n) is 15.2. The number of ether oxygens (including phenoxy) is 1. The third-order valence-electron chi connectivity index (χ3n) is 8.33. The zero-order valence-corrected chi connectivity index (χ0v) is 25.6. The Bertz CT molecular complexity index is 1530. The molecule has 8 heteroatoms. The molecule has 0 saturated carbocycles. The van der Waals surface area contributed by atoms with Crippen LogP contribution in [0.3, 0.4) is 0 Å². The van der Waals surface area contributed by atoms with Crippen molar-refractivity contribution in [3.63, 3.8) is 0 Å². The maximum atomic E-state index is 14.1. The van der Waals surface area contributed by atoms with Crippen molar-refractivity contribution in [2.45, 2.75) is 51.1 Å². The molecule has 0 aliphatic carbocycles. The van der Waals surface area contributed by atoms with Gasteiger partial charge in [-0.05, 0) is 74.7 Å². The minimum atomic E-state index is -0.814. The third kappa shape index (κ3) is 7.20. The first-order valence-corrected chi connectivity index (χ1v) is 15.2. The van der Waals surface area contributed by atoms with E-state index in [4.69, 9.17) is 4.74 Å². The standard InChI is InChI=1S/C35H43N5O3/c1-5-43-32-16-15-25(23-39(3)4)21-31(32)37-34(41)33(24(2)29-22-36-30-14-10-9-13-28(29)30)38-35(42)40-19-17-27(18-20-40)26-11-7-6-8-12-26/h6-16,21-22,24,27,33,36H,5,17-20,23H2,1-4H3,(H,37,41)(H,38,42)/t24-,33-/m1/s1. The number of likely N-dealkylation sites (tertiary alicyclic amines) is 1. The number of aromatic amines is 1. The Labute approximate surface area is 254 Å². The summed E-state index contributed by atoms with van der Waals surface area (Å²) in [5, 5.41) is 7.27. The fraction of sp³-hybridized carbons (Fsp3) is 0.371. The second-order valence-electron chi connectivity index (χ2n) is 11.7. The lowest BCUT2D eigenvalue weighted by Gasteiger charge is -2.34. The van der Waals surface area contributed by atoms with Gasteiger partial charge in [-0.15, -0.1) is 0 Å². The largest absolute Gasteiger partial charge is 0.492 e. The van der Waals surface area contributed by atoms with E-state index in [2.05, 4.69) is 44.8 Å². The normalized spacial score (nSPS) is 15.3. The summed E-state index contributed by atoms with van der Waals surface area (Å²) in [5.41, 5.74) is 4.93. The topological polar surface area (TPSA) is 89.7 Å². The Balaban J connectivity index is 1.38. The number of fused-ring (bicyclic) bond motifs is 1. The zero-order valence-electron chi connectivity index (χ0n) is 25.6. The number of rotatable bonds is 10. The smallest absolute Gasteiger partial charge is 0.318 e. The van der Waals surface area contributed by atoms with E-state index < -0.39 is 6.04 Å². The maximum absolute atomic E-state index is 14.1. The predicted molar refractivity (Wildman–Crippen MR) is 173 cm³/mol. The van der Waals surface area contributed by atoms with Crippen LogP contribution >= 0.6 is 0 Å². The number of hydrogen-bond acceptors (Lipinski definition) is 4. The summed E-state index contributed by atoms with van der Waals surface area (Å²) in [4.78, 5) is 35.0. The summed E-state index contributed by atoms with van der Waals surface area (Å²) in [6.45, 7) is 6.39. The molecule has 3 aromatic carbocycles. The van der Waals surface area contributed by atoms with Gasteiger partial charge in [0, 0.05) is 42.7 Å². The number of urea groups is 1. The van der Waals surface area contributed by atoms with Gasteiger partial charge < -0.3 is 30.2 Å². The number of H-pyrrole nitrogens is 1. The van der Waals surface area contributed by atoms with Crippen molar-refractivity contribution in [2.75, 3.05) is 39.1 Å². The van der Waals surface area contributed by atoms with E-state index in [1.165, 1.54) is 5.56 Å². The van der Waals surface area contributed by atoms with Gasteiger partial charge in [-0.25, -0.2) is 4.79 Å². The molecule has 226 valence electrons. The SMILES string of the molecule is CCOc1ccc(CN(C)C)cc1NC(=O)[C@H](NC(=O)N1CCC(c2ccccc2)CC1)[C@H](C)c1c[nH]c2ccccc12. The number of aromatic nitrogens is 1. The van der Waals surface area contributed by atoms with Crippen LogP contribution in [-0.2, 0) is 11.3 Å². The number of carbonyl (C=O) groups excluding carboxylic acids is 2. The Kier molecular flexibility index (Phi) is 9.67. The highest BCUT2D eigenvalue weighted by atomic mass is 16.5. The van der Waals surface area contributed by atoms with E-state index in [-0.39, 0.29) is 17.9 Å². The van der Waals surface area contributed by atoms with Gasteiger partial charge in [-0.3, -0.25) is 4.79 Å². The molecule has 0 radical (unpaired) electrons. The predicted octanol–water partition coefficient (Wildman–Crippen LogP) is 6.33. The zero-order chi connectivity index (χ0) is 30.3. The van der Waals surface area contributed by atoms with Crippen LogP contribution < -0.4 is 15.4 Å². The third-order valence-corrected chi connectivity index (χ3v) is 8.33. The lowest BCUT2D eigenvalue weighted by molar-refractivity contribution is -0.118. The number of nitrogens with zero attached hydrogens (tertiary/aromatic N) is 2. The molecule has 5 rings (SSSR count). The number of nitrogens with one attached hydrogen (secondary N) is 3. The Morgan fingerprint density at radius 3 is 2.47 bits per heavy atom. The van der Waals surface area contributed by atoms with Crippen LogP contribution in [0.4, 0.5) is 10.5 Å². The molecule has 0 spiro atoms. The molecule has 3 N–H and O–H groups in total. The minimum absolute atomic E-state index is 0.218. The van der Waals surface area contributed by atoms with Crippen LogP contribution in [0.5, 0.6) is 5.75 Å². The van der Waals surface area contributed by atoms with Crippen molar-refractivity contribution in [3.05, 3.63) is 95.7 Å².